The molecule has 0 radical (unpaired) electrons. The fourth-order valence-electron chi connectivity index (χ4n) is 3.70. The molecule has 0 aromatic rings. The summed E-state index contributed by atoms with van der Waals surface area (Å²) in [4.78, 5) is 14.9. The standard InChI is InChI=1S/C20H35NO2/c1-2-3-4-5-6-7-8-9-10-18-11-12-19(20(18)22)17-21-13-15-23-16-14-21/h10,19H,2-9,11-17H2,1H3/b18-10-. The van der Waals surface area contributed by atoms with Crippen LogP contribution in [-0.4, -0.2) is 43.5 Å². The smallest absolute Gasteiger partial charge is 0.162 e. The van der Waals surface area contributed by atoms with E-state index in [2.05, 4.69) is 17.9 Å². The fraction of sp³-hybridized carbons (Fsp3) is 0.850. The van der Waals surface area contributed by atoms with E-state index in [-0.39, 0.29) is 5.92 Å². The van der Waals surface area contributed by atoms with Crippen molar-refractivity contribution in [1.82, 2.24) is 4.90 Å². The number of nitrogens with zero attached hydrogens (tertiary/aromatic N) is 1. The lowest BCUT2D eigenvalue weighted by molar-refractivity contribution is -0.118. The number of unbranched alkanes of at least 4 members (excludes halogenated alkanes) is 7. The van der Waals surface area contributed by atoms with Crippen molar-refractivity contribution in [1.29, 1.82) is 0 Å². The second kappa shape index (κ2) is 11.0. The molecule has 132 valence electrons. The Labute approximate surface area is 142 Å². The molecule has 0 N–H and O–H groups in total. The fourth-order valence-corrected chi connectivity index (χ4v) is 3.70. The van der Waals surface area contributed by atoms with Gasteiger partial charge >= 0.3 is 0 Å². The van der Waals surface area contributed by atoms with Gasteiger partial charge in [0, 0.05) is 25.6 Å². The first-order valence-corrected chi connectivity index (χ1v) is 9.84. The van der Waals surface area contributed by atoms with E-state index in [9.17, 15) is 4.79 Å². The number of hydrogen-bond acceptors (Lipinski definition) is 3. The molecule has 1 heterocycles. The van der Waals surface area contributed by atoms with Gasteiger partial charge in [0.15, 0.2) is 5.78 Å². The van der Waals surface area contributed by atoms with Crippen LogP contribution in [0.1, 0.15) is 71.1 Å². The summed E-state index contributed by atoms with van der Waals surface area (Å²) in [6.45, 7) is 6.82. The summed E-state index contributed by atoms with van der Waals surface area (Å²) in [7, 11) is 0. The zero-order valence-corrected chi connectivity index (χ0v) is 15.0. The summed E-state index contributed by atoms with van der Waals surface area (Å²) in [5, 5.41) is 0. The van der Waals surface area contributed by atoms with Gasteiger partial charge in [-0.2, -0.15) is 0 Å². The van der Waals surface area contributed by atoms with Crippen LogP contribution in [0.25, 0.3) is 0 Å². The second-order valence-corrected chi connectivity index (χ2v) is 7.15. The normalized spacial score (nSPS) is 24.7. The van der Waals surface area contributed by atoms with Crippen LogP contribution in [0.5, 0.6) is 0 Å². The van der Waals surface area contributed by atoms with Crippen molar-refractivity contribution in [2.45, 2.75) is 71.1 Å². The predicted molar refractivity (Wildman–Crippen MR) is 95.7 cm³/mol. The van der Waals surface area contributed by atoms with Gasteiger partial charge in [-0.25, -0.2) is 0 Å². The molecule has 0 aromatic carbocycles. The molecule has 1 aliphatic carbocycles. The van der Waals surface area contributed by atoms with Gasteiger partial charge in [0.05, 0.1) is 13.2 Å². The number of Topliss-reactive ketones (excluding diaryl/α,β-unsaturated/α-hetero) is 1. The van der Waals surface area contributed by atoms with Crippen molar-refractivity contribution >= 4 is 5.78 Å². The number of ether oxygens (including phenoxy) is 1. The molecular formula is C20H35NO2. The number of carbonyl (C=O) groups excluding carboxylic acids is 1. The lowest BCUT2D eigenvalue weighted by Crippen LogP contribution is -2.40. The first-order valence-electron chi connectivity index (χ1n) is 9.84. The van der Waals surface area contributed by atoms with Crippen molar-refractivity contribution in [2.24, 2.45) is 5.92 Å². The number of hydrogen-bond donors (Lipinski definition) is 0. The second-order valence-electron chi connectivity index (χ2n) is 7.15. The third-order valence-corrected chi connectivity index (χ3v) is 5.23. The summed E-state index contributed by atoms with van der Waals surface area (Å²) in [5.41, 5.74) is 1.12. The summed E-state index contributed by atoms with van der Waals surface area (Å²) < 4.78 is 5.38. The highest BCUT2D eigenvalue weighted by atomic mass is 16.5. The van der Waals surface area contributed by atoms with Crippen molar-refractivity contribution in [3.05, 3.63) is 11.6 Å². The van der Waals surface area contributed by atoms with Gasteiger partial charge in [-0.1, -0.05) is 51.5 Å². The molecule has 0 amide bonds. The average molecular weight is 322 g/mol. The van der Waals surface area contributed by atoms with Crippen LogP contribution in [0.4, 0.5) is 0 Å². The molecule has 1 aliphatic heterocycles. The number of allylic oxidation sites excluding steroid dienone is 2. The first kappa shape index (κ1) is 18.7. The highest BCUT2D eigenvalue weighted by Crippen LogP contribution is 2.28. The third-order valence-electron chi connectivity index (χ3n) is 5.23. The quantitative estimate of drug-likeness (QED) is 0.442. The Morgan fingerprint density at radius 2 is 1.78 bits per heavy atom. The lowest BCUT2D eigenvalue weighted by Gasteiger charge is -2.28. The number of carbonyl (C=O) groups is 1. The number of ketones is 1. The molecule has 1 saturated heterocycles. The average Bonchev–Trinajstić information content (AvgIpc) is 2.91. The Morgan fingerprint density at radius 3 is 2.52 bits per heavy atom. The maximum atomic E-state index is 12.5. The minimum Gasteiger partial charge on any atom is -0.379 e. The van der Waals surface area contributed by atoms with E-state index in [1.54, 1.807) is 0 Å². The van der Waals surface area contributed by atoms with Crippen LogP contribution in [-0.2, 0) is 9.53 Å². The maximum absolute atomic E-state index is 12.5. The highest BCUT2D eigenvalue weighted by molar-refractivity contribution is 5.99. The Hall–Kier alpha value is -0.670. The SMILES string of the molecule is CCCCCCCCC/C=C1/CCC(CN2CCOCC2)C1=O. The number of rotatable bonds is 10. The summed E-state index contributed by atoms with van der Waals surface area (Å²) in [6, 6.07) is 0. The van der Waals surface area contributed by atoms with Gasteiger partial charge in [-0.3, -0.25) is 9.69 Å². The Kier molecular flexibility index (Phi) is 8.91. The molecule has 1 unspecified atom stereocenters. The minimum atomic E-state index is 0.244. The van der Waals surface area contributed by atoms with Crippen LogP contribution in [0.3, 0.4) is 0 Å². The van der Waals surface area contributed by atoms with E-state index in [4.69, 9.17) is 4.74 Å². The summed E-state index contributed by atoms with van der Waals surface area (Å²) in [6.07, 6.45) is 14.8. The van der Waals surface area contributed by atoms with Gasteiger partial charge in [-0.15, -0.1) is 0 Å². The highest BCUT2D eigenvalue weighted by Gasteiger charge is 2.30. The van der Waals surface area contributed by atoms with Gasteiger partial charge in [0.2, 0.25) is 0 Å². The topological polar surface area (TPSA) is 29.5 Å². The maximum Gasteiger partial charge on any atom is 0.162 e. The molecule has 2 fully saturated rings. The molecule has 0 aromatic heterocycles. The summed E-state index contributed by atoms with van der Waals surface area (Å²) in [5.74, 6) is 0.674. The van der Waals surface area contributed by atoms with E-state index in [0.29, 0.717) is 5.78 Å². The molecule has 23 heavy (non-hydrogen) atoms. The van der Waals surface area contributed by atoms with Gasteiger partial charge in [0.25, 0.3) is 0 Å². The Morgan fingerprint density at radius 1 is 1.09 bits per heavy atom. The van der Waals surface area contributed by atoms with E-state index >= 15 is 0 Å². The van der Waals surface area contributed by atoms with Crippen LogP contribution >= 0.6 is 0 Å². The van der Waals surface area contributed by atoms with Gasteiger partial charge in [0.1, 0.15) is 0 Å². The van der Waals surface area contributed by atoms with E-state index in [0.717, 1.165) is 57.7 Å². The van der Waals surface area contributed by atoms with Crippen LogP contribution in [0.2, 0.25) is 0 Å². The van der Waals surface area contributed by atoms with Crippen molar-refractivity contribution in [3.63, 3.8) is 0 Å². The first-order chi connectivity index (χ1) is 11.3. The summed E-state index contributed by atoms with van der Waals surface area (Å²) >= 11 is 0. The Bertz CT molecular complexity index is 372. The third kappa shape index (κ3) is 6.76. The largest absolute Gasteiger partial charge is 0.379 e. The van der Waals surface area contributed by atoms with Gasteiger partial charge < -0.3 is 4.74 Å². The van der Waals surface area contributed by atoms with E-state index in [1.807, 2.05) is 0 Å². The number of morpholine rings is 1. The Balaban J connectivity index is 1.59. The molecule has 1 atom stereocenters. The molecule has 3 nitrogen and oxygen atoms in total. The molecule has 1 saturated carbocycles. The van der Waals surface area contributed by atoms with E-state index < -0.39 is 0 Å². The zero-order valence-electron chi connectivity index (χ0n) is 15.0. The van der Waals surface area contributed by atoms with Crippen LogP contribution in [0, 0.1) is 5.92 Å². The van der Waals surface area contributed by atoms with Gasteiger partial charge in [-0.05, 0) is 31.3 Å². The molecule has 0 spiro atoms. The zero-order chi connectivity index (χ0) is 16.3. The monoisotopic (exact) mass is 321 g/mol. The molecule has 3 heteroatoms. The molecule has 0 bridgehead atoms. The van der Waals surface area contributed by atoms with Crippen molar-refractivity contribution in [2.75, 3.05) is 32.8 Å². The molecular weight excluding hydrogens is 286 g/mol. The lowest BCUT2D eigenvalue weighted by atomic mass is 10.0. The van der Waals surface area contributed by atoms with Crippen molar-refractivity contribution < 1.29 is 9.53 Å². The van der Waals surface area contributed by atoms with E-state index in [1.165, 1.54) is 44.9 Å². The predicted octanol–water partition coefficient (Wildman–Crippen LogP) is 4.36. The molecule has 2 aliphatic rings. The van der Waals surface area contributed by atoms with Crippen molar-refractivity contribution in [3.8, 4) is 0 Å². The van der Waals surface area contributed by atoms with Crippen LogP contribution < -0.4 is 0 Å². The minimum absolute atomic E-state index is 0.244. The molecule has 2 rings (SSSR count). The van der Waals surface area contributed by atoms with Crippen LogP contribution in [0.15, 0.2) is 11.6 Å².